The molecule has 0 spiro atoms. The number of hydrogen-bond acceptors (Lipinski definition) is 13. The quantitative estimate of drug-likeness (QED) is 0.138. The number of hydrogen-bond donors (Lipinski definition) is 0. The summed E-state index contributed by atoms with van der Waals surface area (Å²) in [5, 5.41) is 19.0. The fourth-order valence-corrected chi connectivity index (χ4v) is 12.7. The monoisotopic (exact) mass is 1640 g/mol. The van der Waals surface area contributed by atoms with Crippen LogP contribution in [0.5, 0.6) is 0 Å². The van der Waals surface area contributed by atoms with E-state index in [1.807, 2.05) is 141 Å². The lowest BCUT2D eigenvalue weighted by Gasteiger charge is -2.18. The molecule has 0 aliphatic rings. The molecule has 18 aromatic heterocycles. The topological polar surface area (TPSA) is 210 Å². The van der Waals surface area contributed by atoms with Crippen LogP contribution >= 0.6 is 0 Å². The van der Waals surface area contributed by atoms with Crippen molar-refractivity contribution in [2.24, 2.45) is 35.2 Å². The fraction of sp³-hybridized carbons (Fsp3) is 0.410. The minimum Gasteiger partial charge on any atom is -0.350 e. The first-order chi connectivity index (χ1) is 56.7. The van der Waals surface area contributed by atoms with Gasteiger partial charge in [0, 0.05) is 239 Å². The van der Waals surface area contributed by atoms with Gasteiger partial charge in [-0.3, -0.25) is 9.97 Å². The zero-order chi connectivity index (χ0) is 89.6. The number of nitrogens with zero attached hydrogens (tertiary/aromatic N) is 22. The average molecular weight is 1640 g/mol. The second-order valence-corrected chi connectivity index (χ2v) is 40.8. The van der Waals surface area contributed by atoms with Gasteiger partial charge in [0.1, 0.15) is 28.4 Å². The molecule has 18 heterocycles. The summed E-state index contributed by atoms with van der Waals surface area (Å²) in [6.07, 6.45) is 32.8. The van der Waals surface area contributed by atoms with Crippen LogP contribution in [0.15, 0.2) is 221 Å². The van der Waals surface area contributed by atoms with Gasteiger partial charge in [0.15, 0.2) is 16.9 Å². The maximum atomic E-state index is 4.67. The van der Waals surface area contributed by atoms with E-state index in [4.69, 9.17) is 0 Å². The van der Waals surface area contributed by atoms with Crippen molar-refractivity contribution in [3.63, 3.8) is 0 Å². The van der Waals surface area contributed by atoms with Gasteiger partial charge in [-0.2, -0.15) is 15.3 Å². The van der Waals surface area contributed by atoms with Crippen LogP contribution in [-0.4, -0.2) is 106 Å². The van der Waals surface area contributed by atoms with Crippen molar-refractivity contribution in [1.29, 1.82) is 0 Å². The van der Waals surface area contributed by atoms with Crippen molar-refractivity contribution in [2.75, 3.05) is 0 Å². The van der Waals surface area contributed by atoms with Crippen molar-refractivity contribution < 1.29 is 0 Å². The van der Waals surface area contributed by atoms with Gasteiger partial charge in [-0.15, -0.1) is 0 Å². The molecule has 0 aliphatic heterocycles. The summed E-state index contributed by atoms with van der Waals surface area (Å²) in [5.41, 5.74) is 19.5. The van der Waals surface area contributed by atoms with Crippen LogP contribution in [0.2, 0.25) is 0 Å². The molecule has 0 saturated carbocycles. The highest BCUT2D eigenvalue weighted by molar-refractivity contribution is 5.81. The van der Waals surface area contributed by atoms with Crippen LogP contribution in [0.4, 0.5) is 0 Å². The van der Waals surface area contributed by atoms with Gasteiger partial charge >= 0.3 is 0 Å². The molecule has 0 saturated heterocycles. The maximum absolute atomic E-state index is 4.67. The minimum atomic E-state index is 0.0124. The van der Waals surface area contributed by atoms with Gasteiger partial charge in [-0.1, -0.05) is 187 Å². The summed E-state index contributed by atoms with van der Waals surface area (Å²) in [7, 11) is 10.2. The molecule has 18 rings (SSSR count). The van der Waals surface area contributed by atoms with Crippen LogP contribution in [0.3, 0.4) is 0 Å². The zero-order valence-electron chi connectivity index (χ0n) is 78.6. The smallest absolute Gasteiger partial charge is 0.155 e. The molecule has 22 heteroatoms. The summed E-state index contributed by atoms with van der Waals surface area (Å²) in [5.74, 6) is 0.895. The van der Waals surface area contributed by atoms with Crippen molar-refractivity contribution in [3.05, 3.63) is 272 Å². The Morgan fingerprint density at radius 3 is 1.03 bits per heavy atom. The molecule has 0 N–H and O–H groups in total. The summed E-state index contributed by atoms with van der Waals surface area (Å²) >= 11 is 0. The molecule has 0 fully saturated rings. The number of aromatic nitrogens is 22. The largest absolute Gasteiger partial charge is 0.350 e. The molecule has 18 aromatic rings. The Morgan fingerprint density at radius 2 is 0.607 bits per heavy atom. The van der Waals surface area contributed by atoms with E-state index in [1.165, 1.54) is 38.1 Å². The number of pyridine rings is 5. The zero-order valence-corrected chi connectivity index (χ0v) is 78.6. The Balaban J connectivity index is 0.000000144. The van der Waals surface area contributed by atoms with E-state index in [-0.39, 0.29) is 48.7 Å². The second-order valence-electron chi connectivity index (χ2n) is 40.8. The predicted octanol–water partition coefficient (Wildman–Crippen LogP) is 22.5. The second kappa shape index (κ2) is 36.3. The van der Waals surface area contributed by atoms with Gasteiger partial charge < -0.3 is 27.2 Å². The van der Waals surface area contributed by atoms with E-state index in [0.717, 1.165) is 90.6 Å². The predicted molar refractivity (Wildman–Crippen MR) is 504 cm³/mol. The maximum Gasteiger partial charge on any atom is 0.155 e. The summed E-state index contributed by atoms with van der Waals surface area (Å²) in [4.78, 5) is 44.3. The lowest BCUT2D eigenvalue weighted by Crippen LogP contribution is -2.16. The van der Waals surface area contributed by atoms with Crippen LogP contribution in [-0.2, 0) is 84.0 Å². The summed E-state index contributed by atoms with van der Waals surface area (Å²) in [6.45, 7) is 58.6. The number of imidazole rings is 3. The molecule has 0 amide bonds. The summed E-state index contributed by atoms with van der Waals surface area (Å²) < 4.78 is 17.8. The van der Waals surface area contributed by atoms with Crippen molar-refractivity contribution in [1.82, 2.24) is 106 Å². The first kappa shape index (κ1) is 92.2. The molecule has 0 unspecified atom stereocenters. The molecule has 122 heavy (non-hydrogen) atoms. The number of fused-ring (bicyclic) bond motifs is 9. The van der Waals surface area contributed by atoms with E-state index in [9.17, 15) is 0 Å². The van der Waals surface area contributed by atoms with E-state index in [1.54, 1.807) is 32.1 Å². The first-order valence-electron chi connectivity index (χ1n) is 42.0. The molecule has 0 aromatic carbocycles. The molecule has 0 radical (unpaired) electrons. The average Bonchev–Trinajstić information content (AvgIpc) is 1.67. The molecule has 0 bridgehead atoms. The fourth-order valence-electron chi connectivity index (χ4n) is 12.7. The van der Waals surface area contributed by atoms with Crippen LogP contribution in [0.25, 0.3) is 77.5 Å². The Hall–Kier alpha value is -12.1. The van der Waals surface area contributed by atoms with Crippen molar-refractivity contribution in [2.45, 2.75) is 236 Å². The third kappa shape index (κ3) is 23.8. The van der Waals surface area contributed by atoms with Gasteiger partial charge in [-0.25, -0.2) is 53.4 Å². The highest BCUT2D eigenvalue weighted by atomic mass is 15.3. The number of rotatable bonds is 0. The van der Waals surface area contributed by atoms with Crippen LogP contribution < -0.4 is 0 Å². The minimum absolute atomic E-state index is 0.0124. The van der Waals surface area contributed by atoms with Crippen LogP contribution in [0, 0.1) is 0 Å². The van der Waals surface area contributed by atoms with Gasteiger partial charge in [-0.05, 0) is 120 Å². The third-order valence-corrected chi connectivity index (χ3v) is 20.7. The molecule has 642 valence electrons. The van der Waals surface area contributed by atoms with E-state index < -0.39 is 0 Å². The van der Waals surface area contributed by atoms with Crippen molar-refractivity contribution >= 4 is 77.5 Å². The Labute approximate surface area is 722 Å². The highest BCUT2D eigenvalue weighted by Gasteiger charge is 2.24. The van der Waals surface area contributed by atoms with E-state index in [2.05, 4.69) is 376 Å². The Kier molecular flexibility index (Phi) is 27.5. The third-order valence-electron chi connectivity index (χ3n) is 20.7. The molecule has 0 atom stereocenters. The highest BCUT2D eigenvalue weighted by Crippen LogP contribution is 2.30. The van der Waals surface area contributed by atoms with Gasteiger partial charge in [0.05, 0.1) is 28.6 Å². The van der Waals surface area contributed by atoms with Crippen molar-refractivity contribution in [3.8, 4) is 0 Å². The Morgan fingerprint density at radius 1 is 0.230 bits per heavy atom. The molecule has 0 aliphatic carbocycles. The summed E-state index contributed by atoms with van der Waals surface area (Å²) in [6, 6.07) is 39.5. The SMILES string of the molecule is CC(C)(C)c1ccc2nccn2n1.CC(C)(C)c1ccc2nccn2n1.CC(C)(C)c1ccn2ccnc2c1.CC(C)(C)c1ccn2nccc2n1.Cn1ccc2ccc(C(C)(C)C)nc21.Cn1ccc2ccc(C(C)(C)C)nc21.Cn1ccc2cnc(C(C)(C)C)cc21.Cn1ccc2cnc(C(C)(C)C)cc21.Cn1ccc2cnc(C(C)(C)C)nc21. The van der Waals surface area contributed by atoms with Gasteiger partial charge in [0.25, 0.3) is 0 Å². The first-order valence-corrected chi connectivity index (χ1v) is 42.0. The standard InChI is InChI=1S/4C12H16N2.C11H15N3.C11H14N2.3C10H13N3/c2*1-12(2,3)11-7-10-9(8-13-11)5-6-14(10)4;2*1-12(2,3)10-6-5-9-7-8-14(4)11(9)13-10;1-11(2,3)10-12-7-8-5-6-14(4)9(8)13-10;1-11(2,3)9-4-6-13-7-5-12-10(13)8-9;1-10(2,3)8-5-7-13-9(12-8)4-6-11-13;2*1-10(2,3)8-4-5-9-11-6-7-13(9)12-8/h4*5-8H,1-4H3;5-7H,1-4H3;4-8H,1-3H3;3*4-7H,1-3H3. The molecule has 22 nitrogen and oxygen atoms in total. The Bertz CT molecular complexity index is 5630. The number of aryl methyl sites for hydroxylation is 5. The van der Waals surface area contributed by atoms with Crippen LogP contribution in [0.1, 0.15) is 238 Å². The molecular formula is C100H132N22. The lowest BCUT2D eigenvalue weighted by molar-refractivity contribution is 0.547. The van der Waals surface area contributed by atoms with E-state index in [0.29, 0.717) is 0 Å². The van der Waals surface area contributed by atoms with Gasteiger partial charge in [0.2, 0.25) is 0 Å². The normalized spacial score (nSPS) is 12.3. The van der Waals surface area contributed by atoms with E-state index >= 15 is 0 Å². The molecular weight excluding hydrogens is 1510 g/mol. The lowest BCUT2D eigenvalue weighted by atomic mass is 9.88.